The van der Waals surface area contributed by atoms with Gasteiger partial charge in [-0.1, -0.05) is 6.07 Å². The van der Waals surface area contributed by atoms with E-state index in [0.29, 0.717) is 17.6 Å². The molecule has 116 valence electrons. The van der Waals surface area contributed by atoms with Gasteiger partial charge < -0.3 is 10.1 Å². The van der Waals surface area contributed by atoms with E-state index in [9.17, 15) is 4.79 Å². The number of pyridine rings is 1. The lowest BCUT2D eigenvalue weighted by Gasteiger charge is -2.02. The van der Waals surface area contributed by atoms with E-state index in [1.165, 1.54) is 11.3 Å². The molecule has 23 heavy (non-hydrogen) atoms. The number of hydrogen-bond donors (Lipinski definition) is 1. The highest BCUT2D eigenvalue weighted by atomic mass is 32.1. The molecule has 0 spiro atoms. The predicted octanol–water partition coefficient (Wildman–Crippen LogP) is 2.92. The Balaban J connectivity index is 1.70. The van der Waals surface area contributed by atoms with Crippen molar-refractivity contribution < 1.29 is 9.53 Å². The van der Waals surface area contributed by atoms with Gasteiger partial charge in [-0.25, -0.2) is 9.78 Å². The number of aromatic nitrogens is 4. The highest BCUT2D eigenvalue weighted by Gasteiger charge is 2.10. The van der Waals surface area contributed by atoms with E-state index in [-0.39, 0.29) is 5.69 Å². The van der Waals surface area contributed by atoms with Crippen molar-refractivity contribution in [3.05, 3.63) is 47.6 Å². The normalized spacial score (nSPS) is 10.3. The summed E-state index contributed by atoms with van der Waals surface area (Å²) < 4.78 is 4.86. The van der Waals surface area contributed by atoms with Crippen LogP contribution in [0.4, 0.5) is 10.9 Å². The third-order valence-corrected chi connectivity index (χ3v) is 3.57. The van der Waals surface area contributed by atoms with Crippen molar-refractivity contribution in [2.45, 2.75) is 6.92 Å². The minimum Gasteiger partial charge on any atom is -0.461 e. The summed E-state index contributed by atoms with van der Waals surface area (Å²) in [6.45, 7) is 2.04. The SMILES string of the molecule is CCOC(=O)c1ccc(Nc2nc(-c3ccccn3)cs2)nn1. The second-order valence-electron chi connectivity index (χ2n) is 4.40. The number of carbonyl (C=O) groups excluding carboxylic acids is 1. The third-order valence-electron chi connectivity index (χ3n) is 2.82. The molecule has 0 bridgehead atoms. The van der Waals surface area contributed by atoms with Crippen LogP contribution in [0.2, 0.25) is 0 Å². The number of nitrogens with zero attached hydrogens (tertiary/aromatic N) is 4. The van der Waals surface area contributed by atoms with E-state index in [0.717, 1.165) is 11.4 Å². The van der Waals surface area contributed by atoms with Gasteiger partial charge in [0, 0.05) is 11.6 Å². The Bertz CT molecular complexity index is 789. The molecule has 0 atom stereocenters. The number of anilines is 2. The van der Waals surface area contributed by atoms with Crippen molar-refractivity contribution >= 4 is 28.3 Å². The van der Waals surface area contributed by atoms with E-state index in [4.69, 9.17) is 4.74 Å². The number of thiazole rings is 1. The Kier molecular flexibility index (Phi) is 4.53. The van der Waals surface area contributed by atoms with Gasteiger partial charge in [0.05, 0.1) is 12.3 Å². The van der Waals surface area contributed by atoms with Crippen molar-refractivity contribution in [3.63, 3.8) is 0 Å². The van der Waals surface area contributed by atoms with Gasteiger partial charge in [0.2, 0.25) is 0 Å². The van der Waals surface area contributed by atoms with Crippen molar-refractivity contribution in [2.24, 2.45) is 0 Å². The first-order valence-corrected chi connectivity index (χ1v) is 7.79. The Morgan fingerprint density at radius 1 is 1.22 bits per heavy atom. The quantitative estimate of drug-likeness (QED) is 0.720. The van der Waals surface area contributed by atoms with Crippen molar-refractivity contribution in [1.29, 1.82) is 0 Å². The smallest absolute Gasteiger partial charge is 0.358 e. The summed E-state index contributed by atoms with van der Waals surface area (Å²) >= 11 is 1.44. The van der Waals surface area contributed by atoms with Crippen LogP contribution in [0.5, 0.6) is 0 Å². The van der Waals surface area contributed by atoms with Gasteiger partial charge in [-0.05, 0) is 31.2 Å². The largest absolute Gasteiger partial charge is 0.461 e. The molecule has 0 unspecified atom stereocenters. The minimum atomic E-state index is -0.488. The number of nitrogens with one attached hydrogen (secondary N) is 1. The van der Waals surface area contributed by atoms with Gasteiger partial charge in [0.25, 0.3) is 0 Å². The molecule has 8 heteroatoms. The molecular weight excluding hydrogens is 314 g/mol. The first kappa shape index (κ1) is 15.0. The maximum atomic E-state index is 11.5. The molecule has 3 heterocycles. The molecule has 0 aliphatic heterocycles. The van der Waals surface area contributed by atoms with Crippen molar-refractivity contribution in [3.8, 4) is 11.4 Å². The summed E-state index contributed by atoms with van der Waals surface area (Å²) in [7, 11) is 0. The van der Waals surface area contributed by atoms with Crippen LogP contribution in [0.3, 0.4) is 0 Å². The van der Waals surface area contributed by atoms with Crippen LogP contribution < -0.4 is 5.32 Å². The fourth-order valence-electron chi connectivity index (χ4n) is 1.79. The molecule has 3 rings (SSSR count). The second kappa shape index (κ2) is 6.93. The number of ether oxygens (including phenoxy) is 1. The fourth-order valence-corrected chi connectivity index (χ4v) is 2.50. The Labute approximate surface area is 136 Å². The highest BCUT2D eigenvalue weighted by Crippen LogP contribution is 2.25. The molecule has 0 fully saturated rings. The summed E-state index contributed by atoms with van der Waals surface area (Å²) in [5.41, 5.74) is 1.76. The van der Waals surface area contributed by atoms with Gasteiger partial charge >= 0.3 is 5.97 Å². The van der Waals surface area contributed by atoms with E-state index >= 15 is 0 Å². The summed E-state index contributed by atoms with van der Waals surface area (Å²) in [4.78, 5) is 20.2. The number of hydrogen-bond acceptors (Lipinski definition) is 8. The maximum Gasteiger partial charge on any atom is 0.358 e. The minimum absolute atomic E-state index is 0.172. The zero-order valence-corrected chi connectivity index (χ0v) is 13.1. The van der Waals surface area contributed by atoms with E-state index in [2.05, 4.69) is 25.5 Å². The second-order valence-corrected chi connectivity index (χ2v) is 5.26. The molecule has 0 saturated carbocycles. The number of rotatable bonds is 5. The van der Waals surface area contributed by atoms with Crippen LogP contribution in [0.1, 0.15) is 17.4 Å². The molecule has 0 aliphatic carbocycles. The average molecular weight is 327 g/mol. The van der Waals surface area contributed by atoms with Crippen molar-refractivity contribution in [1.82, 2.24) is 20.2 Å². The van der Waals surface area contributed by atoms with Gasteiger partial charge in [0.1, 0.15) is 5.69 Å². The van der Waals surface area contributed by atoms with Gasteiger partial charge in [-0.3, -0.25) is 4.98 Å². The monoisotopic (exact) mass is 327 g/mol. The summed E-state index contributed by atoms with van der Waals surface area (Å²) in [5.74, 6) is 0.0122. The highest BCUT2D eigenvalue weighted by molar-refractivity contribution is 7.14. The lowest BCUT2D eigenvalue weighted by Crippen LogP contribution is -2.08. The van der Waals surface area contributed by atoms with E-state index in [1.54, 1.807) is 25.3 Å². The standard InChI is InChI=1S/C15H13N5O2S/c1-2-22-14(21)11-6-7-13(20-19-11)18-15-17-12(9-23-15)10-5-3-4-8-16-10/h3-9H,2H2,1H3,(H,17,18,20). The van der Waals surface area contributed by atoms with Crippen LogP contribution in [0, 0.1) is 0 Å². The molecule has 3 aromatic heterocycles. The lowest BCUT2D eigenvalue weighted by atomic mass is 10.3. The topological polar surface area (TPSA) is 89.9 Å². The number of carbonyl (C=O) groups is 1. The zero-order chi connectivity index (χ0) is 16.1. The lowest BCUT2D eigenvalue weighted by molar-refractivity contribution is 0.0518. The zero-order valence-electron chi connectivity index (χ0n) is 12.3. The molecule has 0 saturated heterocycles. The van der Waals surface area contributed by atoms with Crippen LogP contribution in [-0.2, 0) is 4.74 Å². The molecule has 0 aliphatic rings. The van der Waals surface area contributed by atoms with Gasteiger partial charge in [-0.2, -0.15) is 0 Å². The summed E-state index contributed by atoms with van der Waals surface area (Å²) in [6, 6.07) is 8.87. The molecule has 0 aromatic carbocycles. The number of esters is 1. The summed E-state index contributed by atoms with van der Waals surface area (Å²) in [5, 5.41) is 13.4. The fraction of sp³-hybridized carbons (Fsp3) is 0.133. The third kappa shape index (κ3) is 3.67. The molecule has 0 amide bonds. The molecule has 3 aromatic rings. The van der Waals surface area contributed by atoms with Gasteiger partial charge in [-0.15, -0.1) is 21.5 Å². The predicted molar refractivity (Wildman–Crippen MR) is 86.6 cm³/mol. The van der Waals surface area contributed by atoms with Crippen LogP contribution in [0.15, 0.2) is 41.9 Å². The van der Waals surface area contributed by atoms with Crippen LogP contribution in [0.25, 0.3) is 11.4 Å². The Morgan fingerprint density at radius 3 is 2.83 bits per heavy atom. The molecule has 7 nitrogen and oxygen atoms in total. The van der Waals surface area contributed by atoms with Crippen LogP contribution >= 0.6 is 11.3 Å². The van der Waals surface area contributed by atoms with E-state index < -0.39 is 5.97 Å². The Morgan fingerprint density at radius 2 is 2.13 bits per heavy atom. The van der Waals surface area contributed by atoms with Crippen molar-refractivity contribution in [2.75, 3.05) is 11.9 Å². The average Bonchev–Trinajstić information content (AvgIpc) is 3.05. The first-order valence-electron chi connectivity index (χ1n) is 6.91. The summed E-state index contributed by atoms with van der Waals surface area (Å²) in [6.07, 6.45) is 1.72. The van der Waals surface area contributed by atoms with Gasteiger partial charge in [0.15, 0.2) is 16.6 Å². The molecular formula is C15H13N5O2S. The van der Waals surface area contributed by atoms with Crippen LogP contribution in [-0.4, -0.2) is 32.7 Å². The molecule has 1 N–H and O–H groups in total. The Hall–Kier alpha value is -2.87. The molecule has 0 radical (unpaired) electrons. The maximum absolute atomic E-state index is 11.5. The van der Waals surface area contributed by atoms with E-state index in [1.807, 2.05) is 23.6 Å². The first-order chi connectivity index (χ1) is 11.3.